The Morgan fingerprint density at radius 2 is 1.63 bits per heavy atom. The molecular weight excluding hydrogens is 499 g/mol. The lowest BCUT2D eigenvalue weighted by Crippen LogP contribution is -1.95. The van der Waals surface area contributed by atoms with Gasteiger partial charge in [0.1, 0.15) is 0 Å². The highest BCUT2D eigenvalue weighted by Gasteiger charge is 2.21. The number of hydrogen-bond donors (Lipinski definition) is 1. The van der Waals surface area contributed by atoms with Gasteiger partial charge in [-0.3, -0.25) is 0 Å². The number of aromatic nitrogens is 3. The van der Waals surface area contributed by atoms with Gasteiger partial charge in [0.05, 0.1) is 27.0 Å². The van der Waals surface area contributed by atoms with Gasteiger partial charge in [-0.1, -0.05) is 39.8 Å². The Kier molecular flexibility index (Phi) is 10.3. The molecule has 0 unspecified atom stereocenters. The second-order valence-electron chi connectivity index (χ2n) is 6.97. The molecule has 0 aliphatic carbocycles. The Bertz CT molecular complexity index is 1280. The molecule has 184 valence electrons. The van der Waals surface area contributed by atoms with Crippen molar-refractivity contribution in [2.75, 3.05) is 5.73 Å². The molecule has 0 spiro atoms. The molecule has 2 heterocycles. The summed E-state index contributed by atoms with van der Waals surface area (Å²) in [4.78, 5) is 23.2. The lowest BCUT2D eigenvalue weighted by atomic mass is 10.1. The summed E-state index contributed by atoms with van der Waals surface area (Å²) in [6.45, 7) is 8.07. The highest BCUT2D eigenvalue weighted by atomic mass is 35.5. The van der Waals surface area contributed by atoms with E-state index in [0.717, 1.165) is 22.0 Å². The van der Waals surface area contributed by atoms with Crippen molar-refractivity contribution in [3.05, 3.63) is 81.3 Å². The fraction of sp³-hybridized carbons (Fsp3) is 0.208. The van der Waals surface area contributed by atoms with Crippen LogP contribution in [-0.2, 0) is 0 Å². The van der Waals surface area contributed by atoms with Gasteiger partial charge in [-0.25, -0.2) is 28.1 Å². The number of nitrogens with zero attached hydrogens (tertiary/aromatic N) is 4. The van der Waals surface area contributed by atoms with Gasteiger partial charge >= 0.3 is 0 Å². The maximum Gasteiger partial charge on any atom is 0.222 e. The average molecular weight is 522 g/mol. The Labute approximate surface area is 210 Å². The molecule has 2 aromatic heterocycles. The first-order valence-corrected chi connectivity index (χ1v) is 11.7. The van der Waals surface area contributed by atoms with Crippen LogP contribution >= 0.6 is 22.9 Å². The first-order chi connectivity index (χ1) is 16.7. The lowest BCUT2D eigenvalue weighted by Gasteiger charge is -2.05. The van der Waals surface area contributed by atoms with Crippen LogP contribution in [0.3, 0.4) is 0 Å². The number of benzene rings is 2. The molecule has 2 aromatic carbocycles. The van der Waals surface area contributed by atoms with E-state index in [0.29, 0.717) is 17.0 Å². The number of nitrogens with two attached hydrogens (primary N) is 1. The van der Waals surface area contributed by atoms with Crippen LogP contribution < -0.4 is 5.73 Å². The highest BCUT2D eigenvalue weighted by Crippen LogP contribution is 2.40. The van der Waals surface area contributed by atoms with E-state index in [1.807, 2.05) is 27.7 Å². The lowest BCUT2D eigenvalue weighted by molar-refractivity contribution is 0.587. The summed E-state index contributed by atoms with van der Waals surface area (Å²) in [7, 11) is 0. The average Bonchev–Trinajstić information content (AvgIpc) is 3.29. The van der Waals surface area contributed by atoms with Crippen molar-refractivity contribution >= 4 is 34.3 Å². The highest BCUT2D eigenvalue weighted by molar-refractivity contribution is 7.15. The SMILES string of the molecule is CC.CC(C)c1nc(-c2cccc(N)c2F)c(-c2ccnc(Cl)n2)s1.O=Nc1c(F)cccc1F. The number of thiazole rings is 1. The van der Waals surface area contributed by atoms with Gasteiger partial charge < -0.3 is 5.73 Å². The van der Waals surface area contributed by atoms with Crippen LogP contribution in [0, 0.1) is 22.4 Å². The zero-order chi connectivity index (χ0) is 26.1. The van der Waals surface area contributed by atoms with Crippen molar-refractivity contribution < 1.29 is 13.2 Å². The Hall–Kier alpha value is -3.37. The number of nitrogen functional groups attached to an aromatic ring is 1. The molecule has 2 N–H and O–H groups in total. The van der Waals surface area contributed by atoms with Crippen molar-refractivity contribution in [3.63, 3.8) is 0 Å². The molecule has 4 rings (SSSR count). The minimum Gasteiger partial charge on any atom is -0.396 e. The minimum atomic E-state index is -0.935. The van der Waals surface area contributed by atoms with Gasteiger partial charge in [-0.15, -0.1) is 16.2 Å². The zero-order valence-corrected chi connectivity index (χ0v) is 21.0. The van der Waals surface area contributed by atoms with Gasteiger partial charge in [-0.2, -0.15) is 0 Å². The summed E-state index contributed by atoms with van der Waals surface area (Å²) in [5, 5.41) is 3.20. The molecule has 0 saturated heterocycles. The van der Waals surface area contributed by atoms with Crippen molar-refractivity contribution in [1.82, 2.24) is 15.0 Å². The van der Waals surface area contributed by atoms with Gasteiger partial charge in [0.2, 0.25) is 5.28 Å². The second-order valence-corrected chi connectivity index (χ2v) is 8.33. The topological polar surface area (TPSA) is 94.1 Å². The molecule has 0 atom stereocenters. The van der Waals surface area contributed by atoms with Crippen LogP contribution in [0.4, 0.5) is 24.5 Å². The Balaban J connectivity index is 0.000000302. The number of nitroso groups, excluding NO2 is 1. The van der Waals surface area contributed by atoms with Crippen LogP contribution in [0.2, 0.25) is 5.28 Å². The minimum absolute atomic E-state index is 0.0910. The fourth-order valence-electron chi connectivity index (χ4n) is 2.71. The van der Waals surface area contributed by atoms with Crippen LogP contribution in [0.15, 0.2) is 53.8 Å². The number of anilines is 1. The number of rotatable bonds is 4. The first kappa shape index (κ1) is 27.9. The molecule has 0 aliphatic heterocycles. The molecular formula is C24H23ClF3N5OS. The van der Waals surface area contributed by atoms with Crippen LogP contribution in [0.1, 0.15) is 38.6 Å². The van der Waals surface area contributed by atoms with E-state index >= 15 is 0 Å². The molecule has 0 saturated carbocycles. The molecule has 0 radical (unpaired) electrons. The van der Waals surface area contributed by atoms with Gasteiger partial charge in [0.15, 0.2) is 23.1 Å². The van der Waals surface area contributed by atoms with Crippen molar-refractivity contribution in [3.8, 4) is 21.8 Å². The van der Waals surface area contributed by atoms with Gasteiger partial charge in [-0.05, 0) is 47.1 Å². The summed E-state index contributed by atoms with van der Waals surface area (Å²) in [6, 6.07) is 9.74. The standard InChI is InChI=1S/C16H14ClFN4S.C6H3F2NO.C2H6/c1-8(2)15-22-13(9-4-3-5-10(19)12(9)18)14(23-15)11-6-7-20-16(17)21-11;7-4-2-1-3-5(8)6(4)9-10;1-2/h3-8H,19H2,1-2H3;1-3H;1-2H3. The summed E-state index contributed by atoms with van der Waals surface area (Å²) >= 11 is 7.36. The summed E-state index contributed by atoms with van der Waals surface area (Å²) in [5.41, 5.74) is 6.52. The molecule has 0 bridgehead atoms. The molecule has 0 amide bonds. The summed E-state index contributed by atoms with van der Waals surface area (Å²) in [5.74, 6) is -2.13. The predicted molar refractivity (Wildman–Crippen MR) is 135 cm³/mol. The van der Waals surface area contributed by atoms with E-state index in [4.69, 9.17) is 17.3 Å². The largest absolute Gasteiger partial charge is 0.396 e. The summed E-state index contributed by atoms with van der Waals surface area (Å²) in [6.07, 6.45) is 1.57. The van der Waals surface area contributed by atoms with E-state index in [1.54, 1.807) is 24.4 Å². The van der Waals surface area contributed by atoms with E-state index in [1.165, 1.54) is 23.5 Å². The third kappa shape index (κ3) is 6.83. The van der Waals surface area contributed by atoms with Crippen molar-refractivity contribution in [2.24, 2.45) is 5.18 Å². The van der Waals surface area contributed by atoms with E-state index < -0.39 is 23.1 Å². The monoisotopic (exact) mass is 521 g/mol. The smallest absolute Gasteiger partial charge is 0.222 e. The normalized spacial score (nSPS) is 10.2. The maximum absolute atomic E-state index is 14.5. The van der Waals surface area contributed by atoms with Crippen molar-refractivity contribution in [2.45, 2.75) is 33.6 Å². The molecule has 35 heavy (non-hydrogen) atoms. The third-order valence-corrected chi connectivity index (χ3v) is 5.87. The van der Waals surface area contributed by atoms with E-state index in [-0.39, 0.29) is 16.9 Å². The van der Waals surface area contributed by atoms with Crippen LogP contribution in [0.5, 0.6) is 0 Å². The molecule has 0 fully saturated rings. The maximum atomic E-state index is 14.5. The summed E-state index contributed by atoms with van der Waals surface area (Å²) < 4.78 is 39.1. The number of halogens is 4. The van der Waals surface area contributed by atoms with E-state index in [2.05, 4.69) is 20.1 Å². The Morgan fingerprint density at radius 1 is 1.00 bits per heavy atom. The molecule has 0 aliphatic rings. The van der Waals surface area contributed by atoms with Crippen LogP contribution in [0.25, 0.3) is 21.8 Å². The quantitative estimate of drug-likeness (QED) is 0.166. The van der Waals surface area contributed by atoms with Crippen LogP contribution in [-0.4, -0.2) is 15.0 Å². The first-order valence-electron chi connectivity index (χ1n) is 10.5. The fourth-order valence-corrected chi connectivity index (χ4v) is 3.91. The Morgan fingerprint density at radius 3 is 2.17 bits per heavy atom. The molecule has 6 nitrogen and oxygen atoms in total. The van der Waals surface area contributed by atoms with Gasteiger partial charge in [0.25, 0.3) is 0 Å². The number of hydrogen-bond acceptors (Lipinski definition) is 7. The third-order valence-electron chi connectivity index (χ3n) is 4.31. The molecule has 4 aromatic rings. The second kappa shape index (κ2) is 12.9. The molecule has 11 heteroatoms. The van der Waals surface area contributed by atoms with Gasteiger partial charge in [0, 0.05) is 17.7 Å². The van der Waals surface area contributed by atoms with Crippen molar-refractivity contribution in [1.29, 1.82) is 0 Å². The van der Waals surface area contributed by atoms with E-state index in [9.17, 15) is 18.1 Å². The zero-order valence-electron chi connectivity index (χ0n) is 19.4. The predicted octanol–water partition coefficient (Wildman–Crippen LogP) is 8.15.